The number of carbonyl (C=O) groups excluding carboxylic acids is 2. The molecule has 0 aromatic carbocycles. The zero-order valence-electron chi connectivity index (χ0n) is 40.9. The number of hydrogen-bond donors (Lipinski definition) is 3. The Morgan fingerprint density at radius 2 is 0.803 bits per heavy atom. The van der Waals surface area contributed by atoms with Crippen LogP contribution in [0.2, 0.25) is 0 Å². The van der Waals surface area contributed by atoms with Gasteiger partial charge in [0.1, 0.15) is 0 Å². The first-order valence-corrected chi connectivity index (χ1v) is 27.1. The van der Waals surface area contributed by atoms with Crippen LogP contribution in [-0.2, 0) is 14.3 Å². The number of amides is 1. The van der Waals surface area contributed by atoms with E-state index in [1.165, 1.54) is 180 Å². The molecule has 0 aliphatic rings. The number of rotatable bonds is 50. The molecule has 0 rings (SSSR count). The molecule has 0 aromatic rings. The molecule has 360 valence electrons. The predicted molar refractivity (Wildman–Crippen MR) is 264 cm³/mol. The normalized spacial score (nSPS) is 12.8. The van der Waals surface area contributed by atoms with E-state index in [0.29, 0.717) is 25.9 Å². The van der Waals surface area contributed by atoms with Crippen LogP contribution in [0.1, 0.15) is 290 Å². The van der Waals surface area contributed by atoms with Gasteiger partial charge in [0.15, 0.2) is 0 Å². The molecule has 0 saturated heterocycles. The molecule has 1 amide bonds. The summed E-state index contributed by atoms with van der Waals surface area (Å²) < 4.78 is 5.44. The van der Waals surface area contributed by atoms with Gasteiger partial charge in [-0.2, -0.15) is 0 Å². The molecule has 6 nitrogen and oxygen atoms in total. The van der Waals surface area contributed by atoms with Crippen LogP contribution < -0.4 is 5.32 Å². The van der Waals surface area contributed by atoms with Gasteiger partial charge >= 0.3 is 5.97 Å². The van der Waals surface area contributed by atoms with Crippen molar-refractivity contribution in [2.45, 2.75) is 302 Å². The minimum atomic E-state index is -0.678. The molecule has 0 saturated carbocycles. The third kappa shape index (κ3) is 47.7. The Bertz CT molecular complexity index is 951. The molecule has 0 aromatic heterocycles. The molecular formula is C55H105NO5. The number of carbonyl (C=O) groups is 2. The summed E-state index contributed by atoms with van der Waals surface area (Å²) in [5.41, 5.74) is 0. The molecule has 3 N–H and O–H groups in total. The maximum absolute atomic E-state index is 12.5. The number of esters is 1. The SMILES string of the molecule is CCCCCCCCCCCCCCCCCCC(O)C(CO)NC(=O)CCCCCCCC/C=C\C=C/CCCCCOC(=O)CCCCCCCCCCCCCCC. The van der Waals surface area contributed by atoms with Crippen molar-refractivity contribution in [3.63, 3.8) is 0 Å². The average Bonchev–Trinajstić information content (AvgIpc) is 3.26. The lowest BCUT2D eigenvalue weighted by molar-refractivity contribution is -0.143. The van der Waals surface area contributed by atoms with Gasteiger partial charge in [0.05, 0.1) is 25.4 Å². The van der Waals surface area contributed by atoms with Gasteiger partial charge in [-0.1, -0.05) is 244 Å². The Kier molecular flexibility index (Phi) is 49.6. The van der Waals surface area contributed by atoms with Crippen LogP contribution in [-0.4, -0.2) is 47.4 Å². The van der Waals surface area contributed by atoms with Crippen molar-refractivity contribution in [2.24, 2.45) is 0 Å². The topological polar surface area (TPSA) is 95.9 Å². The first kappa shape index (κ1) is 59.3. The lowest BCUT2D eigenvalue weighted by Gasteiger charge is -2.22. The van der Waals surface area contributed by atoms with E-state index < -0.39 is 12.1 Å². The van der Waals surface area contributed by atoms with Gasteiger partial charge in [0.25, 0.3) is 0 Å². The van der Waals surface area contributed by atoms with Crippen molar-refractivity contribution >= 4 is 11.9 Å². The van der Waals surface area contributed by atoms with E-state index in [2.05, 4.69) is 43.5 Å². The third-order valence-corrected chi connectivity index (χ3v) is 12.5. The van der Waals surface area contributed by atoms with Crippen LogP contribution >= 0.6 is 0 Å². The van der Waals surface area contributed by atoms with Gasteiger partial charge in [-0.25, -0.2) is 0 Å². The van der Waals surface area contributed by atoms with E-state index in [1.54, 1.807) is 0 Å². The maximum atomic E-state index is 12.5. The molecule has 2 atom stereocenters. The van der Waals surface area contributed by atoms with Gasteiger partial charge in [-0.3, -0.25) is 9.59 Å². The van der Waals surface area contributed by atoms with Crippen molar-refractivity contribution in [2.75, 3.05) is 13.2 Å². The summed E-state index contributed by atoms with van der Waals surface area (Å²) in [7, 11) is 0. The van der Waals surface area contributed by atoms with Gasteiger partial charge in [0.2, 0.25) is 5.91 Å². The number of unbranched alkanes of at least 4 members (excludes halogenated alkanes) is 36. The van der Waals surface area contributed by atoms with Crippen LogP contribution in [0.3, 0.4) is 0 Å². The van der Waals surface area contributed by atoms with E-state index in [1.807, 2.05) is 0 Å². The fourth-order valence-electron chi connectivity index (χ4n) is 8.34. The van der Waals surface area contributed by atoms with Crippen molar-refractivity contribution in [3.05, 3.63) is 24.3 Å². The Labute approximate surface area is 380 Å². The minimum absolute atomic E-state index is 0.0200. The standard InChI is InChI=1S/C55H105NO5/c1-3-5-7-9-11-13-15-17-18-20-24-27-31-35-39-43-47-53(58)52(51-57)56-54(59)48-44-40-36-32-28-25-21-19-22-26-30-34-38-42-46-50-61-55(60)49-45-41-37-33-29-23-16-14-12-10-8-6-4-2/h19,22,26,30,52-53,57-58H,3-18,20-21,23-25,27-29,31-51H2,1-2H3,(H,56,59)/b22-19-,30-26-. The summed E-state index contributed by atoms with van der Waals surface area (Å²) in [5, 5.41) is 23.2. The summed E-state index contributed by atoms with van der Waals surface area (Å²) >= 11 is 0. The van der Waals surface area contributed by atoms with E-state index in [9.17, 15) is 19.8 Å². The Hall–Kier alpha value is -1.66. The van der Waals surface area contributed by atoms with Crippen molar-refractivity contribution in [1.82, 2.24) is 5.32 Å². The Morgan fingerprint density at radius 1 is 0.459 bits per heavy atom. The van der Waals surface area contributed by atoms with Crippen molar-refractivity contribution in [1.29, 1.82) is 0 Å². The van der Waals surface area contributed by atoms with Gasteiger partial charge in [0, 0.05) is 12.8 Å². The van der Waals surface area contributed by atoms with Crippen LogP contribution in [0, 0.1) is 0 Å². The minimum Gasteiger partial charge on any atom is -0.466 e. The predicted octanol–water partition coefficient (Wildman–Crippen LogP) is 16.3. The maximum Gasteiger partial charge on any atom is 0.305 e. The number of aliphatic hydroxyl groups is 2. The Balaban J connectivity index is 3.52. The number of nitrogens with one attached hydrogen (secondary N) is 1. The molecule has 0 spiro atoms. The van der Waals surface area contributed by atoms with E-state index in [4.69, 9.17) is 4.74 Å². The highest BCUT2D eigenvalue weighted by Gasteiger charge is 2.20. The number of aliphatic hydroxyl groups excluding tert-OH is 2. The zero-order valence-corrected chi connectivity index (χ0v) is 40.9. The van der Waals surface area contributed by atoms with Crippen molar-refractivity contribution in [3.8, 4) is 0 Å². The average molecular weight is 860 g/mol. The Morgan fingerprint density at radius 3 is 1.21 bits per heavy atom. The summed E-state index contributed by atoms with van der Waals surface area (Å²) in [6, 6.07) is -0.557. The molecule has 2 unspecified atom stereocenters. The highest BCUT2D eigenvalue weighted by atomic mass is 16.5. The molecule has 0 aliphatic carbocycles. The lowest BCUT2D eigenvalue weighted by atomic mass is 10.0. The summed E-state index contributed by atoms with van der Waals surface area (Å²) in [4.78, 5) is 24.5. The quantitative estimate of drug-likeness (QED) is 0.0322. The smallest absolute Gasteiger partial charge is 0.305 e. The highest BCUT2D eigenvalue weighted by molar-refractivity contribution is 5.76. The monoisotopic (exact) mass is 860 g/mol. The van der Waals surface area contributed by atoms with Gasteiger partial charge in [-0.05, 0) is 57.8 Å². The van der Waals surface area contributed by atoms with Crippen LogP contribution in [0.25, 0.3) is 0 Å². The second-order valence-corrected chi connectivity index (χ2v) is 18.6. The van der Waals surface area contributed by atoms with Gasteiger partial charge < -0.3 is 20.3 Å². The van der Waals surface area contributed by atoms with Gasteiger partial charge in [-0.15, -0.1) is 0 Å². The molecule has 0 bridgehead atoms. The third-order valence-electron chi connectivity index (χ3n) is 12.5. The van der Waals surface area contributed by atoms with Crippen LogP contribution in [0.4, 0.5) is 0 Å². The molecule has 6 heteroatoms. The summed E-state index contributed by atoms with van der Waals surface area (Å²) in [5.74, 6) is -0.0762. The highest BCUT2D eigenvalue weighted by Crippen LogP contribution is 2.17. The lowest BCUT2D eigenvalue weighted by Crippen LogP contribution is -2.45. The van der Waals surface area contributed by atoms with E-state index in [-0.39, 0.29) is 18.5 Å². The molecular weight excluding hydrogens is 755 g/mol. The van der Waals surface area contributed by atoms with E-state index in [0.717, 1.165) is 77.0 Å². The molecule has 61 heavy (non-hydrogen) atoms. The van der Waals surface area contributed by atoms with Crippen molar-refractivity contribution < 1.29 is 24.5 Å². The van der Waals surface area contributed by atoms with E-state index >= 15 is 0 Å². The van der Waals surface area contributed by atoms with Crippen LogP contribution in [0.15, 0.2) is 24.3 Å². The summed E-state index contributed by atoms with van der Waals surface area (Å²) in [6.45, 7) is 4.90. The zero-order chi connectivity index (χ0) is 44.4. The molecule has 0 aliphatic heterocycles. The second kappa shape index (κ2) is 51.0. The first-order chi connectivity index (χ1) is 30.0. The fourth-order valence-corrected chi connectivity index (χ4v) is 8.34. The largest absolute Gasteiger partial charge is 0.466 e. The molecule has 0 heterocycles. The second-order valence-electron chi connectivity index (χ2n) is 18.6. The molecule has 0 fully saturated rings. The van der Waals surface area contributed by atoms with Crippen LogP contribution in [0.5, 0.6) is 0 Å². The number of hydrogen-bond acceptors (Lipinski definition) is 5. The number of allylic oxidation sites excluding steroid dienone is 4. The molecule has 0 radical (unpaired) electrons. The fraction of sp³-hybridized carbons (Fsp3) is 0.891. The number of ether oxygens (including phenoxy) is 1. The first-order valence-electron chi connectivity index (χ1n) is 27.1. The summed E-state index contributed by atoms with van der Waals surface area (Å²) in [6.07, 6.45) is 60.1.